The van der Waals surface area contributed by atoms with Gasteiger partial charge in [-0.3, -0.25) is 0 Å². The second-order valence-electron chi connectivity index (χ2n) is 4.82. The van der Waals surface area contributed by atoms with E-state index in [1.165, 1.54) is 12.1 Å². The highest BCUT2D eigenvalue weighted by Crippen LogP contribution is 2.28. The Balaban J connectivity index is 2.68. The van der Waals surface area contributed by atoms with Crippen molar-refractivity contribution in [1.82, 2.24) is 0 Å². The molecule has 0 spiro atoms. The molecule has 0 atom stereocenters. The summed E-state index contributed by atoms with van der Waals surface area (Å²) in [7, 11) is 0. The highest BCUT2D eigenvalue weighted by molar-refractivity contribution is 5.26. The minimum absolute atomic E-state index is 0.232. The van der Waals surface area contributed by atoms with Crippen LogP contribution in [-0.2, 0) is 10.2 Å². The lowest BCUT2D eigenvalue weighted by atomic mass is 9.79. The first-order valence-corrected chi connectivity index (χ1v) is 6.74. The number of ether oxygens (including phenoxy) is 1. The molecule has 0 radical (unpaired) electrons. The largest absolute Gasteiger partial charge is 0.395 e. The molecule has 0 aliphatic rings. The van der Waals surface area contributed by atoms with Crippen LogP contribution < -0.4 is 0 Å². The van der Waals surface area contributed by atoms with Gasteiger partial charge in [0.2, 0.25) is 0 Å². The van der Waals surface area contributed by atoms with Crippen LogP contribution in [-0.4, -0.2) is 36.6 Å². The van der Waals surface area contributed by atoms with E-state index < -0.39 is 5.41 Å². The Bertz CT molecular complexity index is 364. The molecule has 0 aromatic heterocycles. The standard InChI is InChI=1S/C15H23FO3/c1-2-3-8-19-9-7-15(11-17,12-18)13-5-4-6-14(16)10-13/h4-6,10,17-18H,2-3,7-9,11-12H2,1H3. The normalized spacial score (nSPS) is 11.8. The van der Waals surface area contributed by atoms with Crippen LogP contribution in [0, 0.1) is 5.82 Å². The lowest BCUT2D eigenvalue weighted by Crippen LogP contribution is -2.36. The van der Waals surface area contributed by atoms with E-state index in [9.17, 15) is 14.6 Å². The zero-order chi connectivity index (χ0) is 14.1. The molecule has 19 heavy (non-hydrogen) atoms. The van der Waals surface area contributed by atoms with E-state index in [1.54, 1.807) is 12.1 Å². The molecule has 0 fully saturated rings. The maximum atomic E-state index is 13.3. The maximum Gasteiger partial charge on any atom is 0.123 e. The molecule has 1 rings (SSSR count). The molecule has 0 bridgehead atoms. The predicted molar refractivity (Wildman–Crippen MR) is 72.6 cm³/mol. The van der Waals surface area contributed by atoms with Gasteiger partial charge in [0.25, 0.3) is 0 Å². The van der Waals surface area contributed by atoms with E-state index >= 15 is 0 Å². The average molecular weight is 270 g/mol. The summed E-state index contributed by atoms with van der Waals surface area (Å²) in [4.78, 5) is 0. The zero-order valence-corrected chi connectivity index (χ0v) is 11.4. The topological polar surface area (TPSA) is 49.7 Å². The lowest BCUT2D eigenvalue weighted by Gasteiger charge is -2.30. The van der Waals surface area contributed by atoms with Crippen molar-refractivity contribution < 1.29 is 19.3 Å². The van der Waals surface area contributed by atoms with Crippen LogP contribution in [0.4, 0.5) is 4.39 Å². The van der Waals surface area contributed by atoms with Gasteiger partial charge in [-0.05, 0) is 30.5 Å². The van der Waals surface area contributed by atoms with Gasteiger partial charge in [-0.25, -0.2) is 4.39 Å². The molecule has 0 unspecified atom stereocenters. The number of benzene rings is 1. The minimum Gasteiger partial charge on any atom is -0.395 e. The SMILES string of the molecule is CCCCOCCC(CO)(CO)c1cccc(F)c1. The van der Waals surface area contributed by atoms with Gasteiger partial charge in [0.05, 0.1) is 13.2 Å². The molecule has 1 aromatic rings. The van der Waals surface area contributed by atoms with Crippen molar-refractivity contribution >= 4 is 0 Å². The highest BCUT2D eigenvalue weighted by Gasteiger charge is 2.31. The van der Waals surface area contributed by atoms with Crippen LogP contribution in [0.1, 0.15) is 31.7 Å². The maximum absolute atomic E-state index is 13.3. The second kappa shape index (κ2) is 8.25. The lowest BCUT2D eigenvalue weighted by molar-refractivity contribution is 0.0615. The Morgan fingerprint density at radius 2 is 1.95 bits per heavy atom. The first-order valence-electron chi connectivity index (χ1n) is 6.74. The van der Waals surface area contributed by atoms with Crippen LogP contribution >= 0.6 is 0 Å². The van der Waals surface area contributed by atoms with Crippen LogP contribution in [0.2, 0.25) is 0 Å². The van der Waals surface area contributed by atoms with Crippen molar-refractivity contribution in [1.29, 1.82) is 0 Å². The molecule has 1 aromatic carbocycles. The van der Waals surface area contributed by atoms with Gasteiger partial charge in [-0.15, -0.1) is 0 Å². The van der Waals surface area contributed by atoms with Gasteiger partial charge in [-0.1, -0.05) is 25.5 Å². The molecule has 3 nitrogen and oxygen atoms in total. The van der Waals surface area contributed by atoms with Gasteiger partial charge in [0, 0.05) is 18.6 Å². The summed E-state index contributed by atoms with van der Waals surface area (Å²) in [6, 6.07) is 6.02. The van der Waals surface area contributed by atoms with Crippen LogP contribution in [0.15, 0.2) is 24.3 Å². The molecule has 0 aliphatic carbocycles. The summed E-state index contributed by atoms with van der Waals surface area (Å²) in [5.41, 5.74) is -0.231. The number of aliphatic hydroxyl groups excluding tert-OH is 2. The van der Waals surface area contributed by atoms with Crippen molar-refractivity contribution in [2.24, 2.45) is 0 Å². The fraction of sp³-hybridized carbons (Fsp3) is 0.600. The molecule has 0 aliphatic heterocycles. The summed E-state index contributed by atoms with van der Waals surface area (Å²) >= 11 is 0. The molecular weight excluding hydrogens is 247 g/mol. The highest BCUT2D eigenvalue weighted by atomic mass is 19.1. The molecule has 0 heterocycles. The number of hydrogen-bond donors (Lipinski definition) is 2. The van der Waals surface area contributed by atoms with Gasteiger partial charge in [0.15, 0.2) is 0 Å². The van der Waals surface area contributed by atoms with E-state index in [4.69, 9.17) is 4.74 Å². The zero-order valence-electron chi connectivity index (χ0n) is 11.4. The van der Waals surface area contributed by atoms with Crippen molar-refractivity contribution in [3.8, 4) is 0 Å². The molecule has 0 saturated carbocycles. The average Bonchev–Trinajstić information content (AvgIpc) is 2.43. The smallest absolute Gasteiger partial charge is 0.123 e. The number of aliphatic hydroxyl groups is 2. The molecule has 108 valence electrons. The summed E-state index contributed by atoms with van der Waals surface area (Å²) in [5.74, 6) is -0.365. The monoisotopic (exact) mass is 270 g/mol. The quantitative estimate of drug-likeness (QED) is 0.677. The fourth-order valence-corrected chi connectivity index (χ4v) is 1.97. The fourth-order valence-electron chi connectivity index (χ4n) is 1.97. The Morgan fingerprint density at radius 3 is 2.53 bits per heavy atom. The summed E-state index contributed by atoms with van der Waals surface area (Å²) in [5, 5.41) is 19.2. The minimum atomic E-state index is -0.839. The van der Waals surface area contributed by atoms with Crippen molar-refractivity contribution in [3.05, 3.63) is 35.6 Å². The first kappa shape index (κ1) is 16.1. The van der Waals surface area contributed by atoms with Crippen molar-refractivity contribution in [2.75, 3.05) is 26.4 Å². The predicted octanol–water partition coefficient (Wildman–Crippen LogP) is 2.25. The van der Waals surface area contributed by atoms with Crippen LogP contribution in [0.5, 0.6) is 0 Å². The summed E-state index contributed by atoms with van der Waals surface area (Å²) in [6.07, 6.45) is 2.52. The molecule has 0 amide bonds. The molecule has 2 N–H and O–H groups in total. The van der Waals surface area contributed by atoms with Crippen molar-refractivity contribution in [3.63, 3.8) is 0 Å². The number of unbranched alkanes of at least 4 members (excludes halogenated alkanes) is 1. The van der Waals surface area contributed by atoms with E-state index in [1.807, 2.05) is 0 Å². The third-order valence-corrected chi connectivity index (χ3v) is 3.41. The first-order chi connectivity index (χ1) is 9.18. The second-order valence-corrected chi connectivity index (χ2v) is 4.82. The van der Waals surface area contributed by atoms with Gasteiger partial charge in [-0.2, -0.15) is 0 Å². The number of rotatable bonds is 9. The van der Waals surface area contributed by atoms with Gasteiger partial charge < -0.3 is 14.9 Å². The van der Waals surface area contributed by atoms with Crippen LogP contribution in [0.3, 0.4) is 0 Å². The van der Waals surface area contributed by atoms with Crippen LogP contribution in [0.25, 0.3) is 0 Å². The molecule has 4 heteroatoms. The van der Waals surface area contributed by atoms with E-state index in [0.29, 0.717) is 25.2 Å². The number of hydrogen-bond acceptors (Lipinski definition) is 3. The Labute approximate surface area is 114 Å². The third kappa shape index (κ3) is 4.56. The van der Waals surface area contributed by atoms with Gasteiger partial charge >= 0.3 is 0 Å². The van der Waals surface area contributed by atoms with Gasteiger partial charge in [0.1, 0.15) is 5.82 Å². The van der Waals surface area contributed by atoms with E-state index in [2.05, 4.69) is 6.92 Å². The molecular formula is C15H23FO3. The Morgan fingerprint density at radius 1 is 1.21 bits per heavy atom. The van der Waals surface area contributed by atoms with Crippen molar-refractivity contribution in [2.45, 2.75) is 31.6 Å². The summed E-state index contributed by atoms with van der Waals surface area (Å²) < 4.78 is 18.7. The number of halogens is 1. The summed E-state index contributed by atoms with van der Waals surface area (Å²) in [6.45, 7) is 2.74. The van der Waals surface area contributed by atoms with E-state index in [0.717, 1.165) is 12.8 Å². The Kier molecular flexibility index (Phi) is 6.99. The molecule has 0 saturated heterocycles. The van der Waals surface area contributed by atoms with E-state index in [-0.39, 0.29) is 19.0 Å². The third-order valence-electron chi connectivity index (χ3n) is 3.41. The Hall–Kier alpha value is -0.970.